The third-order valence-electron chi connectivity index (χ3n) is 3.00. The van der Waals surface area contributed by atoms with Crippen LogP contribution in [-0.2, 0) is 0 Å². The van der Waals surface area contributed by atoms with Crippen molar-refractivity contribution in [2.75, 3.05) is 11.9 Å². The molecule has 2 N–H and O–H groups in total. The second-order valence-corrected chi connectivity index (χ2v) is 4.94. The Morgan fingerprint density at radius 2 is 1.90 bits per heavy atom. The largest absolute Gasteiger partial charge is 0.387 e. The van der Waals surface area contributed by atoms with Crippen molar-refractivity contribution in [3.05, 3.63) is 64.2 Å². The highest BCUT2D eigenvalue weighted by Crippen LogP contribution is 2.21. The Balaban J connectivity index is 2.02. The summed E-state index contributed by atoms with van der Waals surface area (Å²) in [7, 11) is 0. The third-order valence-corrected chi connectivity index (χ3v) is 3.41. The average molecular weight is 298 g/mol. The lowest BCUT2D eigenvalue weighted by molar-refractivity contribution is 0.191. The number of benzene rings is 2. The van der Waals surface area contributed by atoms with Gasteiger partial charge in [-0.25, -0.2) is 8.78 Å². The van der Waals surface area contributed by atoms with Gasteiger partial charge >= 0.3 is 0 Å². The van der Waals surface area contributed by atoms with Crippen molar-refractivity contribution in [3.8, 4) is 0 Å². The Bertz CT molecular complexity index is 619. The van der Waals surface area contributed by atoms with Crippen LogP contribution in [0.4, 0.5) is 14.5 Å². The molecular formula is C15H14ClF2NO. The van der Waals surface area contributed by atoms with Gasteiger partial charge in [-0.2, -0.15) is 0 Å². The first-order valence-electron chi connectivity index (χ1n) is 6.10. The normalized spacial score (nSPS) is 12.2. The lowest BCUT2D eigenvalue weighted by Gasteiger charge is -2.14. The molecule has 1 unspecified atom stereocenters. The molecule has 2 aromatic carbocycles. The predicted octanol–water partition coefficient (Wildman–Crippen LogP) is 4.07. The molecule has 2 nitrogen and oxygen atoms in total. The van der Waals surface area contributed by atoms with Crippen molar-refractivity contribution in [1.82, 2.24) is 0 Å². The summed E-state index contributed by atoms with van der Waals surface area (Å²) < 4.78 is 25.9. The zero-order valence-electron chi connectivity index (χ0n) is 10.8. The van der Waals surface area contributed by atoms with Crippen LogP contribution in [-0.4, -0.2) is 11.7 Å². The molecule has 0 aliphatic rings. The van der Waals surface area contributed by atoms with E-state index in [0.29, 0.717) is 10.6 Å². The van der Waals surface area contributed by atoms with E-state index in [1.807, 2.05) is 19.1 Å². The molecule has 0 aromatic heterocycles. The van der Waals surface area contributed by atoms with Gasteiger partial charge < -0.3 is 10.4 Å². The number of aryl methyl sites for hydroxylation is 1. The summed E-state index contributed by atoms with van der Waals surface area (Å²) in [5, 5.41) is 13.6. The van der Waals surface area contributed by atoms with Gasteiger partial charge in [0.25, 0.3) is 0 Å². The van der Waals surface area contributed by atoms with Crippen LogP contribution in [0.3, 0.4) is 0 Å². The Morgan fingerprint density at radius 1 is 1.15 bits per heavy atom. The number of hydrogen-bond donors (Lipinski definition) is 2. The second kappa shape index (κ2) is 6.20. The van der Waals surface area contributed by atoms with E-state index in [1.165, 1.54) is 6.07 Å². The number of hydrogen-bond acceptors (Lipinski definition) is 2. The van der Waals surface area contributed by atoms with Crippen LogP contribution in [0.5, 0.6) is 0 Å². The van der Waals surface area contributed by atoms with Gasteiger partial charge in [-0.05, 0) is 42.3 Å². The molecule has 0 amide bonds. The van der Waals surface area contributed by atoms with E-state index in [9.17, 15) is 13.9 Å². The molecule has 0 fully saturated rings. The summed E-state index contributed by atoms with van der Waals surface area (Å²) in [6.45, 7) is 2.06. The number of rotatable bonds is 4. The molecule has 0 heterocycles. The maximum atomic E-state index is 13.1. The monoisotopic (exact) mass is 297 g/mol. The van der Waals surface area contributed by atoms with Crippen LogP contribution < -0.4 is 5.32 Å². The van der Waals surface area contributed by atoms with Crippen LogP contribution in [0.25, 0.3) is 0 Å². The molecule has 0 saturated carbocycles. The zero-order chi connectivity index (χ0) is 14.7. The highest BCUT2D eigenvalue weighted by atomic mass is 35.5. The first-order chi connectivity index (χ1) is 9.47. The Kier molecular flexibility index (Phi) is 4.57. The molecule has 1 atom stereocenters. The summed E-state index contributed by atoms with van der Waals surface area (Å²) in [6, 6.07) is 8.77. The molecule has 2 rings (SSSR count). The summed E-state index contributed by atoms with van der Waals surface area (Å²) in [4.78, 5) is 0. The highest BCUT2D eigenvalue weighted by molar-refractivity contribution is 6.31. The average Bonchev–Trinajstić information content (AvgIpc) is 2.43. The Morgan fingerprint density at radius 3 is 2.55 bits per heavy atom. The van der Waals surface area contributed by atoms with E-state index < -0.39 is 17.7 Å². The van der Waals surface area contributed by atoms with Gasteiger partial charge in [0.1, 0.15) is 0 Å². The Labute approximate surface area is 121 Å². The SMILES string of the molecule is Cc1ccc(NCC(O)c2ccc(F)c(F)c2)cc1Cl. The van der Waals surface area contributed by atoms with E-state index >= 15 is 0 Å². The van der Waals surface area contributed by atoms with Gasteiger partial charge in [0.05, 0.1) is 6.10 Å². The smallest absolute Gasteiger partial charge is 0.159 e. The maximum absolute atomic E-state index is 13.1. The minimum Gasteiger partial charge on any atom is -0.387 e. The minimum absolute atomic E-state index is 0.171. The fourth-order valence-electron chi connectivity index (χ4n) is 1.75. The molecule has 5 heteroatoms. The summed E-state index contributed by atoms with van der Waals surface area (Å²) in [5.41, 5.74) is 2.02. The van der Waals surface area contributed by atoms with Crippen molar-refractivity contribution in [2.45, 2.75) is 13.0 Å². The van der Waals surface area contributed by atoms with Crippen LogP contribution in [0.2, 0.25) is 5.02 Å². The van der Waals surface area contributed by atoms with Crippen molar-refractivity contribution in [3.63, 3.8) is 0 Å². The van der Waals surface area contributed by atoms with Crippen LogP contribution >= 0.6 is 11.6 Å². The first-order valence-corrected chi connectivity index (χ1v) is 6.48. The summed E-state index contributed by atoms with van der Waals surface area (Å²) in [5.74, 6) is -1.90. The fourth-order valence-corrected chi connectivity index (χ4v) is 1.94. The molecule has 2 aromatic rings. The molecular weight excluding hydrogens is 284 g/mol. The molecule has 0 bridgehead atoms. The Hall–Kier alpha value is -1.65. The van der Waals surface area contributed by atoms with E-state index in [-0.39, 0.29) is 6.54 Å². The van der Waals surface area contributed by atoms with Gasteiger partial charge in [0.2, 0.25) is 0 Å². The predicted molar refractivity (Wildman–Crippen MR) is 76.0 cm³/mol. The lowest BCUT2D eigenvalue weighted by Crippen LogP contribution is -2.12. The van der Waals surface area contributed by atoms with E-state index in [2.05, 4.69) is 5.32 Å². The third kappa shape index (κ3) is 3.46. The number of halogens is 3. The molecule has 0 radical (unpaired) electrons. The number of aliphatic hydroxyl groups excluding tert-OH is 1. The van der Waals surface area contributed by atoms with E-state index in [0.717, 1.165) is 23.4 Å². The van der Waals surface area contributed by atoms with Crippen molar-refractivity contribution >= 4 is 17.3 Å². The molecule has 0 saturated heterocycles. The summed E-state index contributed by atoms with van der Waals surface area (Å²) >= 11 is 5.99. The van der Waals surface area contributed by atoms with Crippen LogP contribution in [0, 0.1) is 18.6 Å². The van der Waals surface area contributed by atoms with Gasteiger partial charge in [-0.3, -0.25) is 0 Å². The van der Waals surface area contributed by atoms with Gasteiger partial charge in [0.15, 0.2) is 11.6 Å². The first kappa shape index (κ1) is 14.8. The van der Waals surface area contributed by atoms with Crippen molar-refractivity contribution in [1.29, 1.82) is 0 Å². The van der Waals surface area contributed by atoms with Crippen LogP contribution in [0.15, 0.2) is 36.4 Å². The quantitative estimate of drug-likeness (QED) is 0.891. The second-order valence-electron chi connectivity index (χ2n) is 4.53. The molecule has 20 heavy (non-hydrogen) atoms. The molecule has 0 aliphatic carbocycles. The number of nitrogens with one attached hydrogen (secondary N) is 1. The number of aliphatic hydroxyl groups is 1. The fraction of sp³-hybridized carbons (Fsp3) is 0.200. The molecule has 106 valence electrons. The number of anilines is 1. The maximum Gasteiger partial charge on any atom is 0.159 e. The summed E-state index contributed by atoms with van der Waals surface area (Å²) in [6.07, 6.45) is -0.940. The van der Waals surface area contributed by atoms with Crippen LogP contribution in [0.1, 0.15) is 17.2 Å². The van der Waals surface area contributed by atoms with Crippen molar-refractivity contribution < 1.29 is 13.9 Å². The lowest BCUT2D eigenvalue weighted by atomic mass is 10.1. The zero-order valence-corrected chi connectivity index (χ0v) is 11.6. The van der Waals surface area contributed by atoms with E-state index in [4.69, 9.17) is 11.6 Å². The topological polar surface area (TPSA) is 32.3 Å². The standard InChI is InChI=1S/C15H14ClF2NO/c1-9-2-4-11(7-12(9)16)19-8-15(20)10-3-5-13(17)14(18)6-10/h2-7,15,19-20H,8H2,1H3. The van der Waals surface area contributed by atoms with Crippen molar-refractivity contribution in [2.24, 2.45) is 0 Å². The van der Waals surface area contributed by atoms with Gasteiger partial charge in [0, 0.05) is 17.3 Å². The minimum atomic E-state index is -0.972. The molecule has 0 aliphatic heterocycles. The van der Waals surface area contributed by atoms with Gasteiger partial charge in [-0.15, -0.1) is 0 Å². The van der Waals surface area contributed by atoms with E-state index in [1.54, 1.807) is 6.07 Å². The molecule has 0 spiro atoms. The highest BCUT2D eigenvalue weighted by Gasteiger charge is 2.11. The van der Waals surface area contributed by atoms with Gasteiger partial charge in [-0.1, -0.05) is 23.7 Å².